The highest BCUT2D eigenvalue weighted by atomic mass is 32.2. The van der Waals surface area contributed by atoms with Crippen molar-refractivity contribution in [2.24, 2.45) is 5.92 Å². The summed E-state index contributed by atoms with van der Waals surface area (Å²) in [5, 5.41) is 10.3. The molecule has 2 N–H and O–H groups in total. The third-order valence-electron chi connectivity index (χ3n) is 8.21. The van der Waals surface area contributed by atoms with E-state index in [0.717, 1.165) is 29.7 Å². The van der Waals surface area contributed by atoms with Gasteiger partial charge in [-0.3, -0.25) is 9.48 Å². The monoisotopic (exact) mass is 569 g/mol. The molecule has 216 valence electrons. The molecule has 0 radical (unpaired) electrons. The Hall–Kier alpha value is -2.63. The predicted molar refractivity (Wildman–Crippen MR) is 145 cm³/mol. The standard InChI is InChI=1S/C27H38F3N5O3S/c1-15-17(3)35-24(21-13-31-22(11-20(15)21)33-26(4,5)14-27(28,29)30)16(2)23(34-35)25(36)32-12-18-7-9-19(10-8-18)39(6,37)38/h11,13,15,17-19H,7-10,12,14H2,1-6H3,(H,31,33)(H,32,36). The number of carbonyl (C=O) groups excluding carboxylic acids is 1. The van der Waals surface area contributed by atoms with E-state index in [1.165, 1.54) is 20.1 Å². The fraction of sp³-hybridized carbons (Fsp3) is 0.667. The van der Waals surface area contributed by atoms with Crippen LogP contribution in [0.5, 0.6) is 0 Å². The molecule has 39 heavy (non-hydrogen) atoms. The molecule has 1 aliphatic carbocycles. The average molecular weight is 570 g/mol. The molecule has 0 aromatic carbocycles. The van der Waals surface area contributed by atoms with Crippen LogP contribution in [0, 0.1) is 12.8 Å². The van der Waals surface area contributed by atoms with E-state index in [4.69, 9.17) is 0 Å². The summed E-state index contributed by atoms with van der Waals surface area (Å²) in [6, 6.07) is 1.72. The number of hydrogen-bond donors (Lipinski definition) is 2. The summed E-state index contributed by atoms with van der Waals surface area (Å²) in [5.41, 5.74) is 2.35. The smallest absolute Gasteiger partial charge is 0.365 e. The van der Waals surface area contributed by atoms with Gasteiger partial charge in [0.25, 0.3) is 5.91 Å². The molecule has 3 heterocycles. The maximum absolute atomic E-state index is 13.2. The number of fused-ring (bicyclic) bond motifs is 3. The minimum absolute atomic E-state index is 0.0120. The molecule has 4 rings (SSSR count). The van der Waals surface area contributed by atoms with Gasteiger partial charge in [0.1, 0.15) is 15.7 Å². The van der Waals surface area contributed by atoms with Gasteiger partial charge in [-0.05, 0) is 70.9 Å². The molecule has 2 aliphatic rings. The minimum Gasteiger partial charge on any atom is -0.365 e. The second-order valence-corrected chi connectivity index (χ2v) is 14.3. The van der Waals surface area contributed by atoms with E-state index < -0.39 is 28.0 Å². The van der Waals surface area contributed by atoms with Crippen LogP contribution in [0.1, 0.15) is 93.4 Å². The van der Waals surface area contributed by atoms with Crippen LogP contribution in [0.15, 0.2) is 12.3 Å². The van der Waals surface area contributed by atoms with Crippen molar-refractivity contribution in [3.05, 3.63) is 29.1 Å². The Morgan fingerprint density at radius 3 is 2.38 bits per heavy atom. The molecule has 1 amide bonds. The van der Waals surface area contributed by atoms with Gasteiger partial charge < -0.3 is 10.6 Å². The summed E-state index contributed by atoms with van der Waals surface area (Å²) < 4.78 is 64.5. The van der Waals surface area contributed by atoms with E-state index in [2.05, 4.69) is 20.7 Å². The summed E-state index contributed by atoms with van der Waals surface area (Å²) in [5.74, 6) is 0.306. The van der Waals surface area contributed by atoms with Crippen LogP contribution >= 0.6 is 0 Å². The first-order valence-electron chi connectivity index (χ1n) is 13.4. The first kappa shape index (κ1) is 29.4. The average Bonchev–Trinajstić information content (AvgIpc) is 3.16. The van der Waals surface area contributed by atoms with Crippen molar-refractivity contribution >= 4 is 21.6 Å². The molecule has 12 heteroatoms. The number of anilines is 1. The molecule has 1 aliphatic heterocycles. The number of nitrogens with zero attached hydrogens (tertiary/aromatic N) is 3. The highest BCUT2D eigenvalue weighted by Gasteiger charge is 2.38. The molecule has 2 aromatic heterocycles. The molecule has 0 bridgehead atoms. The van der Waals surface area contributed by atoms with Crippen molar-refractivity contribution in [1.29, 1.82) is 0 Å². The van der Waals surface area contributed by atoms with Crippen LogP contribution in [0.2, 0.25) is 0 Å². The summed E-state index contributed by atoms with van der Waals surface area (Å²) >= 11 is 0. The molecular weight excluding hydrogens is 531 g/mol. The molecule has 2 aromatic rings. The van der Waals surface area contributed by atoms with E-state index >= 15 is 0 Å². The van der Waals surface area contributed by atoms with Gasteiger partial charge in [-0.2, -0.15) is 18.3 Å². The maximum Gasteiger partial charge on any atom is 0.391 e. The number of amides is 1. The van der Waals surface area contributed by atoms with Crippen LogP contribution in [0.4, 0.5) is 19.0 Å². The maximum atomic E-state index is 13.2. The summed E-state index contributed by atoms with van der Waals surface area (Å²) in [4.78, 5) is 17.6. The number of halogens is 3. The van der Waals surface area contributed by atoms with Crippen LogP contribution in [0.3, 0.4) is 0 Å². The lowest BCUT2D eigenvalue weighted by Gasteiger charge is -2.32. The van der Waals surface area contributed by atoms with Gasteiger partial charge in [0.15, 0.2) is 5.69 Å². The quantitative estimate of drug-likeness (QED) is 0.462. The Morgan fingerprint density at radius 2 is 1.79 bits per heavy atom. The number of carbonyl (C=O) groups is 1. The summed E-state index contributed by atoms with van der Waals surface area (Å²) in [6.07, 6.45) is 0.357. The van der Waals surface area contributed by atoms with Gasteiger partial charge in [-0.25, -0.2) is 13.4 Å². The lowest BCUT2D eigenvalue weighted by Crippen LogP contribution is -2.36. The first-order chi connectivity index (χ1) is 18.0. The van der Waals surface area contributed by atoms with E-state index in [1.54, 1.807) is 12.3 Å². The van der Waals surface area contributed by atoms with Gasteiger partial charge >= 0.3 is 6.18 Å². The Kier molecular flexibility index (Phi) is 7.83. The SMILES string of the molecule is Cc1c(C(=O)NCC2CCC(S(C)(=O)=O)CC2)nn2c1-c1cnc(NC(C)(C)CC(F)(F)F)cc1C(C)C2C. The fourth-order valence-corrected chi connectivity index (χ4v) is 7.04. The molecule has 1 fully saturated rings. The molecule has 2 atom stereocenters. The third-order valence-corrected chi connectivity index (χ3v) is 9.90. The Balaban J connectivity index is 1.52. The second-order valence-electron chi connectivity index (χ2n) is 11.9. The zero-order chi connectivity index (χ0) is 28.9. The Bertz CT molecular complexity index is 1350. The second kappa shape index (κ2) is 10.4. The van der Waals surface area contributed by atoms with Crippen molar-refractivity contribution in [2.75, 3.05) is 18.1 Å². The minimum atomic E-state index is -4.30. The molecule has 1 saturated carbocycles. The van der Waals surface area contributed by atoms with Crippen LogP contribution in [-0.4, -0.2) is 58.9 Å². The predicted octanol–water partition coefficient (Wildman–Crippen LogP) is 5.41. The summed E-state index contributed by atoms with van der Waals surface area (Å²) in [6.45, 7) is 9.33. The van der Waals surface area contributed by atoms with Crippen molar-refractivity contribution in [3.8, 4) is 11.3 Å². The molecule has 0 spiro atoms. The van der Waals surface area contributed by atoms with Gasteiger partial charge in [0.05, 0.1) is 23.4 Å². The van der Waals surface area contributed by atoms with E-state index in [1.807, 2.05) is 25.5 Å². The number of sulfone groups is 1. The normalized spacial score (nSPS) is 23.6. The zero-order valence-corrected chi connectivity index (χ0v) is 24.1. The molecular formula is C27H38F3N5O3S. The zero-order valence-electron chi connectivity index (χ0n) is 23.3. The topological polar surface area (TPSA) is 106 Å². The summed E-state index contributed by atoms with van der Waals surface area (Å²) in [7, 11) is -3.04. The van der Waals surface area contributed by atoms with Crippen molar-refractivity contribution in [2.45, 2.75) is 95.6 Å². The van der Waals surface area contributed by atoms with Crippen molar-refractivity contribution in [3.63, 3.8) is 0 Å². The molecule has 8 nitrogen and oxygen atoms in total. The lowest BCUT2D eigenvalue weighted by molar-refractivity contribution is -0.142. The van der Waals surface area contributed by atoms with Crippen molar-refractivity contribution in [1.82, 2.24) is 20.1 Å². The molecule has 0 saturated heterocycles. The van der Waals surface area contributed by atoms with Gasteiger partial charge in [0.2, 0.25) is 0 Å². The van der Waals surface area contributed by atoms with E-state index in [-0.39, 0.29) is 29.0 Å². The van der Waals surface area contributed by atoms with Gasteiger partial charge in [-0.15, -0.1) is 0 Å². The Labute approximate surface area is 228 Å². The van der Waals surface area contributed by atoms with E-state index in [0.29, 0.717) is 36.5 Å². The van der Waals surface area contributed by atoms with Crippen LogP contribution in [0.25, 0.3) is 11.3 Å². The fourth-order valence-electron chi connectivity index (χ4n) is 5.91. The first-order valence-corrected chi connectivity index (χ1v) is 15.3. The lowest BCUT2D eigenvalue weighted by atomic mass is 9.85. The van der Waals surface area contributed by atoms with Gasteiger partial charge in [0, 0.05) is 41.6 Å². The Morgan fingerprint density at radius 1 is 1.15 bits per heavy atom. The van der Waals surface area contributed by atoms with Crippen LogP contribution in [-0.2, 0) is 9.84 Å². The largest absolute Gasteiger partial charge is 0.391 e. The van der Waals surface area contributed by atoms with Crippen molar-refractivity contribution < 1.29 is 26.4 Å². The number of rotatable bonds is 7. The number of nitrogens with one attached hydrogen (secondary N) is 2. The molecule has 2 unspecified atom stereocenters. The highest BCUT2D eigenvalue weighted by molar-refractivity contribution is 7.91. The number of pyridine rings is 1. The highest BCUT2D eigenvalue weighted by Crippen LogP contribution is 2.44. The number of hydrogen-bond acceptors (Lipinski definition) is 6. The van der Waals surface area contributed by atoms with E-state index in [9.17, 15) is 26.4 Å². The van der Waals surface area contributed by atoms with Crippen LogP contribution < -0.4 is 10.6 Å². The number of alkyl halides is 3. The number of aromatic nitrogens is 3. The van der Waals surface area contributed by atoms with Gasteiger partial charge in [-0.1, -0.05) is 6.92 Å². The third kappa shape index (κ3) is 6.41.